The third-order valence-electron chi connectivity index (χ3n) is 9.40. The first-order valence-corrected chi connectivity index (χ1v) is 15.9. The molecule has 0 amide bonds. The van der Waals surface area contributed by atoms with Crippen molar-refractivity contribution in [2.24, 2.45) is 0 Å². The number of nitrogens with zero attached hydrogens (tertiary/aromatic N) is 1. The second kappa shape index (κ2) is 11.3. The number of hydrogen-bond donors (Lipinski definition) is 0. The Morgan fingerprint density at radius 2 is 1.02 bits per heavy atom. The van der Waals surface area contributed by atoms with Crippen molar-refractivity contribution in [2.75, 3.05) is 4.90 Å². The lowest BCUT2D eigenvalue weighted by molar-refractivity contribution is 0.103. The van der Waals surface area contributed by atoms with E-state index in [0.29, 0.717) is 11.1 Å². The Labute approximate surface area is 269 Å². The van der Waals surface area contributed by atoms with Gasteiger partial charge in [-0.25, -0.2) is 0 Å². The predicted molar refractivity (Wildman–Crippen MR) is 193 cm³/mol. The summed E-state index contributed by atoms with van der Waals surface area (Å²) in [5, 5.41) is 7.90. The molecule has 0 spiro atoms. The van der Waals surface area contributed by atoms with Crippen LogP contribution >= 0.6 is 0 Å². The lowest BCUT2D eigenvalue weighted by Crippen LogP contribution is -2.11. The summed E-state index contributed by atoms with van der Waals surface area (Å²) < 4.78 is 0. The molecule has 0 N–H and O–H groups in total. The van der Waals surface area contributed by atoms with Gasteiger partial charge in [0.05, 0.1) is 0 Å². The van der Waals surface area contributed by atoms with Crippen molar-refractivity contribution >= 4 is 55.2 Å². The van der Waals surface area contributed by atoms with Crippen LogP contribution in [0.25, 0.3) is 32.3 Å². The van der Waals surface area contributed by atoms with Gasteiger partial charge in [-0.05, 0) is 98.9 Å². The summed E-state index contributed by atoms with van der Waals surface area (Å²) in [5.41, 5.74) is 8.33. The van der Waals surface area contributed by atoms with E-state index in [0.717, 1.165) is 17.1 Å². The smallest absolute Gasteiger partial charge is 0.193 e. The molecule has 0 bridgehead atoms. The Hall–Kier alpha value is -5.73. The minimum absolute atomic E-state index is 0.0270. The fourth-order valence-corrected chi connectivity index (χ4v) is 6.89. The lowest BCUT2D eigenvalue weighted by atomic mass is 9.85. The molecule has 1 unspecified atom stereocenters. The van der Waals surface area contributed by atoms with E-state index in [1.807, 2.05) is 54.6 Å². The van der Waals surface area contributed by atoms with Gasteiger partial charge in [-0.3, -0.25) is 4.79 Å². The first kappa shape index (κ1) is 27.8. The predicted octanol–water partition coefficient (Wildman–Crippen LogP) is 11.7. The van der Waals surface area contributed by atoms with Crippen LogP contribution < -0.4 is 4.90 Å². The Morgan fingerprint density at radius 3 is 1.67 bits per heavy atom. The van der Waals surface area contributed by atoms with Crippen LogP contribution in [0.3, 0.4) is 0 Å². The summed E-state index contributed by atoms with van der Waals surface area (Å²) in [6.45, 7) is 4.41. The summed E-state index contributed by atoms with van der Waals surface area (Å²) in [7, 11) is 0. The van der Waals surface area contributed by atoms with E-state index in [9.17, 15) is 4.79 Å². The molecule has 0 aromatic heterocycles. The molecule has 0 aliphatic rings. The zero-order chi connectivity index (χ0) is 31.2. The molecule has 0 radical (unpaired) electrons. The molecule has 8 aromatic rings. The summed E-state index contributed by atoms with van der Waals surface area (Å²) >= 11 is 0. The van der Waals surface area contributed by atoms with E-state index in [1.165, 1.54) is 49.0 Å². The quantitative estimate of drug-likeness (QED) is 0.136. The maximum atomic E-state index is 13.1. The van der Waals surface area contributed by atoms with Gasteiger partial charge < -0.3 is 4.90 Å². The maximum Gasteiger partial charge on any atom is 0.193 e. The molecule has 0 saturated carbocycles. The van der Waals surface area contributed by atoms with Gasteiger partial charge in [0.25, 0.3) is 0 Å². The summed E-state index contributed by atoms with van der Waals surface area (Å²) in [4.78, 5) is 15.3. The van der Waals surface area contributed by atoms with Crippen LogP contribution in [0.15, 0.2) is 158 Å². The van der Waals surface area contributed by atoms with E-state index in [2.05, 4.69) is 122 Å². The van der Waals surface area contributed by atoms with Gasteiger partial charge in [-0.15, -0.1) is 0 Å². The molecule has 220 valence electrons. The lowest BCUT2D eigenvalue weighted by Gasteiger charge is -2.26. The van der Waals surface area contributed by atoms with Crippen molar-refractivity contribution in [3.8, 4) is 0 Å². The second-order valence-electron chi connectivity index (χ2n) is 12.2. The van der Waals surface area contributed by atoms with Crippen LogP contribution in [-0.4, -0.2) is 5.78 Å². The Balaban J connectivity index is 1.15. The molecule has 0 heterocycles. The standard InChI is InChI=1S/C44H33NO/c1-29-11-21-37(22-12-29)45(39-25-17-36(18-26-39)44(46)35-7-4-3-5-8-35)38-23-15-31(16-24-38)30(2)40-27-19-34-14-13-32-9-6-10-33-20-28-41(40)43(34)42(32)33/h3-28,30H,1-2H3. The van der Waals surface area contributed by atoms with Crippen LogP contribution in [0, 0.1) is 6.92 Å². The molecule has 46 heavy (non-hydrogen) atoms. The van der Waals surface area contributed by atoms with Gasteiger partial charge in [0.2, 0.25) is 0 Å². The van der Waals surface area contributed by atoms with Crippen molar-refractivity contribution in [3.63, 3.8) is 0 Å². The van der Waals surface area contributed by atoms with Crippen molar-refractivity contribution in [2.45, 2.75) is 19.8 Å². The molecular formula is C44H33NO. The van der Waals surface area contributed by atoms with Gasteiger partial charge in [0.15, 0.2) is 5.78 Å². The highest BCUT2D eigenvalue weighted by Crippen LogP contribution is 2.40. The molecule has 8 rings (SSSR count). The van der Waals surface area contributed by atoms with E-state index < -0.39 is 0 Å². The average Bonchev–Trinajstić information content (AvgIpc) is 3.12. The molecular weight excluding hydrogens is 558 g/mol. The van der Waals surface area contributed by atoms with Gasteiger partial charge in [0, 0.05) is 34.1 Å². The molecule has 2 nitrogen and oxygen atoms in total. The van der Waals surface area contributed by atoms with Crippen molar-refractivity contribution < 1.29 is 4.79 Å². The van der Waals surface area contributed by atoms with Crippen molar-refractivity contribution in [3.05, 3.63) is 186 Å². The topological polar surface area (TPSA) is 20.3 Å². The number of ketones is 1. The Kier molecular flexibility index (Phi) is 6.84. The number of rotatable bonds is 7. The SMILES string of the molecule is Cc1ccc(N(c2ccc(C(=O)c3ccccc3)cc2)c2ccc(C(C)c3ccc4ccc5cccc6ccc3c4c56)cc2)cc1. The Morgan fingerprint density at radius 1 is 0.500 bits per heavy atom. The number of carbonyl (C=O) groups excluding carboxylic acids is 1. The molecule has 0 saturated heterocycles. The van der Waals surface area contributed by atoms with Crippen molar-refractivity contribution in [1.82, 2.24) is 0 Å². The van der Waals surface area contributed by atoms with Crippen LogP contribution in [0.5, 0.6) is 0 Å². The van der Waals surface area contributed by atoms with E-state index in [-0.39, 0.29) is 11.7 Å². The highest BCUT2D eigenvalue weighted by Gasteiger charge is 2.18. The van der Waals surface area contributed by atoms with Crippen LogP contribution in [0.2, 0.25) is 0 Å². The third-order valence-corrected chi connectivity index (χ3v) is 9.40. The van der Waals surface area contributed by atoms with Crippen LogP contribution in [0.1, 0.15) is 45.5 Å². The molecule has 2 heteroatoms. The fraction of sp³-hybridized carbons (Fsp3) is 0.0682. The largest absolute Gasteiger partial charge is 0.311 e. The minimum Gasteiger partial charge on any atom is -0.311 e. The van der Waals surface area contributed by atoms with Gasteiger partial charge in [-0.2, -0.15) is 0 Å². The first-order chi connectivity index (χ1) is 22.5. The molecule has 1 atom stereocenters. The monoisotopic (exact) mass is 591 g/mol. The van der Waals surface area contributed by atoms with Gasteiger partial charge in [0.1, 0.15) is 0 Å². The van der Waals surface area contributed by atoms with Crippen molar-refractivity contribution in [1.29, 1.82) is 0 Å². The zero-order valence-electron chi connectivity index (χ0n) is 25.9. The van der Waals surface area contributed by atoms with Crippen LogP contribution in [-0.2, 0) is 0 Å². The van der Waals surface area contributed by atoms with E-state index in [4.69, 9.17) is 0 Å². The second-order valence-corrected chi connectivity index (χ2v) is 12.2. The molecule has 8 aromatic carbocycles. The number of hydrogen-bond acceptors (Lipinski definition) is 2. The van der Waals surface area contributed by atoms with Gasteiger partial charge in [-0.1, -0.05) is 122 Å². The highest BCUT2D eigenvalue weighted by atomic mass is 16.1. The number of benzene rings is 8. The first-order valence-electron chi connectivity index (χ1n) is 15.9. The number of anilines is 3. The average molecular weight is 592 g/mol. The summed E-state index contributed by atoms with van der Waals surface area (Å²) in [6, 6.07) is 55.1. The maximum absolute atomic E-state index is 13.1. The summed E-state index contributed by atoms with van der Waals surface area (Å²) in [5.74, 6) is 0.244. The zero-order valence-corrected chi connectivity index (χ0v) is 25.9. The molecule has 0 fully saturated rings. The number of aryl methyl sites for hydroxylation is 1. The number of carbonyl (C=O) groups is 1. The molecule has 0 aliphatic heterocycles. The highest BCUT2D eigenvalue weighted by molar-refractivity contribution is 6.23. The normalized spacial score (nSPS) is 12.1. The third kappa shape index (κ3) is 4.80. The minimum atomic E-state index is 0.0270. The summed E-state index contributed by atoms with van der Waals surface area (Å²) in [6.07, 6.45) is 0. The van der Waals surface area contributed by atoms with E-state index >= 15 is 0 Å². The van der Waals surface area contributed by atoms with Gasteiger partial charge >= 0.3 is 0 Å². The van der Waals surface area contributed by atoms with Crippen LogP contribution in [0.4, 0.5) is 17.1 Å². The molecule has 0 aliphatic carbocycles. The fourth-order valence-electron chi connectivity index (χ4n) is 6.89. The van der Waals surface area contributed by atoms with E-state index in [1.54, 1.807) is 0 Å². The Bertz CT molecular complexity index is 2300.